The molecule has 0 aliphatic carbocycles. The van der Waals surface area contributed by atoms with Gasteiger partial charge in [0.05, 0.1) is 4.92 Å². The molecule has 7 nitrogen and oxygen atoms in total. The Bertz CT molecular complexity index is 532. The third-order valence-corrected chi connectivity index (χ3v) is 4.29. The van der Waals surface area contributed by atoms with E-state index in [4.69, 9.17) is 0 Å². The Balaban J connectivity index is 2.19. The van der Waals surface area contributed by atoms with E-state index in [0.717, 1.165) is 30.5 Å². The molecule has 2 heterocycles. The fraction of sp³-hybridized carbons (Fsp3) is 0.538. The minimum absolute atomic E-state index is 0.0594. The number of nitrogens with one attached hydrogen (secondary N) is 2. The Kier molecular flexibility index (Phi) is 5.38. The Morgan fingerprint density at radius 3 is 2.86 bits per heavy atom. The Morgan fingerprint density at radius 1 is 1.52 bits per heavy atom. The molecule has 0 bridgehead atoms. The van der Waals surface area contributed by atoms with E-state index in [0.29, 0.717) is 12.4 Å². The second-order valence-electron chi connectivity index (χ2n) is 4.73. The summed E-state index contributed by atoms with van der Waals surface area (Å²) in [7, 11) is 0. The zero-order valence-corrected chi connectivity index (χ0v) is 12.6. The number of nitrogens with zero attached hydrogens (tertiary/aromatic N) is 2. The Hall–Kier alpha value is -1.83. The van der Waals surface area contributed by atoms with Crippen molar-refractivity contribution in [2.75, 3.05) is 23.4 Å². The first-order chi connectivity index (χ1) is 10.1. The minimum atomic E-state index is -0.575. The van der Waals surface area contributed by atoms with Crippen molar-refractivity contribution in [3.05, 3.63) is 27.9 Å². The highest BCUT2D eigenvalue weighted by atomic mass is 32.2. The monoisotopic (exact) mass is 310 g/mol. The van der Waals surface area contributed by atoms with Crippen molar-refractivity contribution in [3.63, 3.8) is 0 Å². The molecule has 1 aromatic rings. The Labute approximate surface area is 127 Å². The van der Waals surface area contributed by atoms with E-state index in [1.807, 2.05) is 18.7 Å². The average molecular weight is 310 g/mol. The maximum absolute atomic E-state index is 12.3. The number of aromatic nitrogens is 1. The van der Waals surface area contributed by atoms with Crippen LogP contribution in [0, 0.1) is 10.1 Å². The van der Waals surface area contributed by atoms with Gasteiger partial charge in [-0.25, -0.2) is 4.98 Å². The van der Waals surface area contributed by atoms with E-state index in [1.165, 1.54) is 6.07 Å². The summed E-state index contributed by atoms with van der Waals surface area (Å²) in [4.78, 5) is 26.7. The minimum Gasteiger partial charge on any atom is -0.370 e. The van der Waals surface area contributed by atoms with Gasteiger partial charge in [0, 0.05) is 18.7 Å². The highest BCUT2D eigenvalue weighted by Gasteiger charge is 2.24. The lowest BCUT2D eigenvalue weighted by atomic mass is 10.1. The smallest absolute Gasteiger partial charge is 0.300 e. The molecule has 0 aromatic carbocycles. The molecule has 0 spiro atoms. The van der Waals surface area contributed by atoms with Gasteiger partial charge in [-0.05, 0) is 31.3 Å². The van der Waals surface area contributed by atoms with Crippen molar-refractivity contribution in [1.29, 1.82) is 0 Å². The standard InChI is InChI=1S/C13H18N4O3S/c1-2-14-12-7-10(11(8-15-12)17(19)20)13(18)16-9-3-5-21-6-4-9/h7-9H,2-6H2,1H3,(H,14,15)(H,16,18). The molecule has 1 aliphatic heterocycles. The van der Waals surface area contributed by atoms with Crippen molar-refractivity contribution in [2.45, 2.75) is 25.8 Å². The number of nitro groups is 1. The highest BCUT2D eigenvalue weighted by Crippen LogP contribution is 2.22. The molecule has 1 aromatic heterocycles. The first-order valence-electron chi connectivity index (χ1n) is 6.88. The fourth-order valence-corrected chi connectivity index (χ4v) is 3.26. The van der Waals surface area contributed by atoms with Crippen molar-refractivity contribution in [1.82, 2.24) is 10.3 Å². The summed E-state index contributed by atoms with van der Waals surface area (Å²) in [5.41, 5.74) is -0.205. The lowest BCUT2D eigenvalue weighted by Gasteiger charge is -2.22. The summed E-state index contributed by atoms with van der Waals surface area (Å²) >= 11 is 1.86. The number of rotatable bonds is 5. The quantitative estimate of drug-likeness (QED) is 0.638. The Morgan fingerprint density at radius 2 is 2.24 bits per heavy atom. The number of anilines is 1. The van der Waals surface area contributed by atoms with Gasteiger partial charge in [0.25, 0.3) is 11.6 Å². The zero-order valence-electron chi connectivity index (χ0n) is 11.8. The lowest BCUT2D eigenvalue weighted by molar-refractivity contribution is -0.385. The van der Waals surface area contributed by atoms with Gasteiger partial charge in [0.1, 0.15) is 17.6 Å². The topological polar surface area (TPSA) is 97.2 Å². The van der Waals surface area contributed by atoms with Crippen molar-refractivity contribution >= 4 is 29.2 Å². The van der Waals surface area contributed by atoms with Crippen LogP contribution in [-0.2, 0) is 0 Å². The van der Waals surface area contributed by atoms with Gasteiger partial charge >= 0.3 is 0 Å². The summed E-state index contributed by atoms with van der Waals surface area (Å²) in [6, 6.07) is 1.53. The summed E-state index contributed by atoms with van der Waals surface area (Å²) < 4.78 is 0. The van der Waals surface area contributed by atoms with Gasteiger partial charge in [-0.3, -0.25) is 14.9 Å². The molecule has 21 heavy (non-hydrogen) atoms. The molecular formula is C13H18N4O3S. The maximum atomic E-state index is 12.3. The first kappa shape index (κ1) is 15.6. The van der Waals surface area contributed by atoms with Crippen LogP contribution in [0.25, 0.3) is 0 Å². The molecule has 114 valence electrons. The molecule has 2 rings (SSSR count). The van der Waals surface area contributed by atoms with Gasteiger partial charge < -0.3 is 10.6 Å². The summed E-state index contributed by atoms with van der Waals surface area (Å²) in [6.45, 7) is 2.52. The van der Waals surface area contributed by atoms with Crippen LogP contribution in [0.3, 0.4) is 0 Å². The SMILES string of the molecule is CCNc1cc(C(=O)NC2CCSCC2)c([N+](=O)[O-])cn1. The molecule has 0 radical (unpaired) electrons. The van der Waals surface area contributed by atoms with Gasteiger partial charge in [-0.15, -0.1) is 0 Å². The second kappa shape index (κ2) is 7.26. The number of hydrogen-bond donors (Lipinski definition) is 2. The normalized spacial score (nSPS) is 15.5. The van der Waals surface area contributed by atoms with Gasteiger partial charge in [0.2, 0.25) is 0 Å². The summed E-state index contributed by atoms with van der Waals surface area (Å²) in [5, 5.41) is 16.9. The van der Waals surface area contributed by atoms with Crippen molar-refractivity contribution < 1.29 is 9.72 Å². The van der Waals surface area contributed by atoms with Crippen LogP contribution < -0.4 is 10.6 Å². The molecule has 1 amide bonds. The van der Waals surface area contributed by atoms with Crippen LogP contribution in [-0.4, -0.2) is 39.9 Å². The second-order valence-corrected chi connectivity index (χ2v) is 5.96. The fourth-order valence-electron chi connectivity index (χ4n) is 2.16. The van der Waals surface area contributed by atoms with Crippen LogP contribution in [0.2, 0.25) is 0 Å². The number of carbonyl (C=O) groups is 1. The van der Waals surface area contributed by atoms with Crippen LogP contribution in [0.1, 0.15) is 30.1 Å². The molecule has 0 saturated carbocycles. The molecule has 1 fully saturated rings. The van der Waals surface area contributed by atoms with Crippen molar-refractivity contribution in [3.8, 4) is 0 Å². The molecule has 1 aliphatic rings. The molecule has 0 atom stereocenters. The van der Waals surface area contributed by atoms with Crippen LogP contribution in [0.15, 0.2) is 12.3 Å². The number of hydrogen-bond acceptors (Lipinski definition) is 6. The largest absolute Gasteiger partial charge is 0.370 e. The van der Waals surface area contributed by atoms with Crippen LogP contribution in [0.5, 0.6) is 0 Å². The number of pyridine rings is 1. The molecular weight excluding hydrogens is 292 g/mol. The highest BCUT2D eigenvalue weighted by molar-refractivity contribution is 7.99. The molecule has 0 unspecified atom stereocenters. The summed E-state index contributed by atoms with van der Waals surface area (Å²) in [5.74, 6) is 2.07. The third kappa shape index (κ3) is 4.07. The number of thioether (sulfide) groups is 1. The van der Waals surface area contributed by atoms with E-state index in [-0.39, 0.29) is 17.3 Å². The average Bonchev–Trinajstić information content (AvgIpc) is 2.48. The van der Waals surface area contributed by atoms with E-state index in [2.05, 4.69) is 15.6 Å². The van der Waals surface area contributed by atoms with Crippen LogP contribution >= 0.6 is 11.8 Å². The predicted octanol–water partition coefficient (Wildman–Crippen LogP) is 2.05. The maximum Gasteiger partial charge on any atom is 0.300 e. The zero-order chi connectivity index (χ0) is 15.2. The molecule has 1 saturated heterocycles. The van der Waals surface area contributed by atoms with E-state index >= 15 is 0 Å². The van der Waals surface area contributed by atoms with E-state index < -0.39 is 10.8 Å². The summed E-state index contributed by atoms with van der Waals surface area (Å²) in [6.07, 6.45) is 2.92. The van der Waals surface area contributed by atoms with Crippen molar-refractivity contribution in [2.24, 2.45) is 0 Å². The van der Waals surface area contributed by atoms with Gasteiger partial charge in [-0.2, -0.15) is 11.8 Å². The lowest BCUT2D eigenvalue weighted by Crippen LogP contribution is -2.37. The first-order valence-corrected chi connectivity index (χ1v) is 8.04. The third-order valence-electron chi connectivity index (χ3n) is 3.24. The predicted molar refractivity (Wildman–Crippen MR) is 82.9 cm³/mol. The van der Waals surface area contributed by atoms with E-state index in [9.17, 15) is 14.9 Å². The number of amides is 1. The molecule has 8 heteroatoms. The van der Waals surface area contributed by atoms with Crippen LogP contribution in [0.4, 0.5) is 11.5 Å². The molecule has 2 N–H and O–H groups in total. The number of carbonyl (C=O) groups excluding carboxylic acids is 1. The van der Waals surface area contributed by atoms with E-state index in [1.54, 1.807) is 0 Å². The van der Waals surface area contributed by atoms with Gasteiger partial charge in [-0.1, -0.05) is 0 Å². The van der Waals surface area contributed by atoms with Gasteiger partial charge in [0.15, 0.2) is 0 Å².